The van der Waals surface area contributed by atoms with E-state index >= 15 is 0 Å². The van der Waals surface area contributed by atoms with Crippen LogP contribution in [-0.4, -0.2) is 17.9 Å². The van der Waals surface area contributed by atoms with Crippen LogP contribution >= 0.6 is 23.2 Å². The maximum absolute atomic E-state index is 12.6. The van der Waals surface area contributed by atoms with Gasteiger partial charge in [0.15, 0.2) is 0 Å². The number of nitrogens with one attached hydrogen (secondary N) is 2. The Morgan fingerprint density at radius 3 is 2.28 bits per heavy atom. The van der Waals surface area contributed by atoms with Crippen molar-refractivity contribution < 1.29 is 9.59 Å². The zero-order chi connectivity index (χ0) is 18.6. The summed E-state index contributed by atoms with van der Waals surface area (Å²) in [7, 11) is 0. The second-order valence-corrected chi connectivity index (χ2v) is 6.94. The molecule has 0 aromatic heterocycles. The Hall–Kier alpha value is -2.04. The fraction of sp³-hybridized carbons (Fsp3) is 0.263. The first kappa shape index (κ1) is 19.3. The van der Waals surface area contributed by atoms with E-state index in [4.69, 9.17) is 23.2 Å². The minimum atomic E-state index is -0.679. The van der Waals surface area contributed by atoms with Gasteiger partial charge in [0.1, 0.15) is 6.04 Å². The van der Waals surface area contributed by atoms with Crippen LogP contribution in [0.3, 0.4) is 0 Å². The maximum Gasteiger partial charge on any atom is 0.252 e. The number of carbonyl (C=O) groups is 2. The first-order chi connectivity index (χ1) is 11.8. The molecule has 0 aliphatic rings. The summed E-state index contributed by atoms with van der Waals surface area (Å²) in [4.78, 5) is 25.1. The molecule has 25 heavy (non-hydrogen) atoms. The van der Waals surface area contributed by atoms with Crippen molar-refractivity contribution >= 4 is 40.7 Å². The van der Waals surface area contributed by atoms with Crippen molar-refractivity contribution in [2.24, 2.45) is 5.92 Å². The molecule has 0 aliphatic heterocycles. The summed E-state index contributed by atoms with van der Waals surface area (Å²) < 4.78 is 0. The Kier molecular flexibility index (Phi) is 6.45. The van der Waals surface area contributed by atoms with Gasteiger partial charge in [-0.25, -0.2) is 0 Å². The first-order valence-corrected chi connectivity index (χ1v) is 8.67. The molecule has 2 aromatic rings. The van der Waals surface area contributed by atoms with E-state index in [0.717, 1.165) is 5.56 Å². The van der Waals surface area contributed by atoms with Crippen molar-refractivity contribution in [3.63, 3.8) is 0 Å². The van der Waals surface area contributed by atoms with Crippen molar-refractivity contribution in [3.8, 4) is 0 Å². The molecule has 4 nitrogen and oxygen atoms in total. The van der Waals surface area contributed by atoms with Crippen LogP contribution in [0.4, 0.5) is 5.69 Å². The fourth-order valence-electron chi connectivity index (χ4n) is 2.38. The third kappa shape index (κ3) is 4.97. The normalized spacial score (nSPS) is 11.9. The topological polar surface area (TPSA) is 58.2 Å². The second kappa shape index (κ2) is 8.37. The quantitative estimate of drug-likeness (QED) is 0.792. The Morgan fingerprint density at radius 1 is 1.00 bits per heavy atom. The Bertz CT molecular complexity index is 791. The summed E-state index contributed by atoms with van der Waals surface area (Å²) in [6.45, 7) is 5.60. The highest BCUT2D eigenvalue weighted by Gasteiger charge is 2.25. The summed E-state index contributed by atoms with van der Waals surface area (Å²) in [6.07, 6.45) is 0. The molecule has 2 N–H and O–H groups in total. The average molecular weight is 379 g/mol. The van der Waals surface area contributed by atoms with Gasteiger partial charge >= 0.3 is 0 Å². The van der Waals surface area contributed by atoms with Gasteiger partial charge in [0.2, 0.25) is 5.91 Å². The Balaban J connectivity index is 2.14. The number of rotatable bonds is 5. The highest BCUT2D eigenvalue weighted by molar-refractivity contribution is 6.42. The fourth-order valence-corrected chi connectivity index (χ4v) is 2.67. The summed E-state index contributed by atoms with van der Waals surface area (Å²) >= 11 is 11.8. The van der Waals surface area contributed by atoms with E-state index in [-0.39, 0.29) is 17.7 Å². The molecule has 0 bridgehead atoms. The zero-order valence-electron chi connectivity index (χ0n) is 14.3. The van der Waals surface area contributed by atoms with Crippen LogP contribution in [0.2, 0.25) is 10.0 Å². The number of aryl methyl sites for hydroxylation is 1. The van der Waals surface area contributed by atoms with Crippen LogP contribution in [-0.2, 0) is 4.79 Å². The predicted molar refractivity (Wildman–Crippen MR) is 102 cm³/mol. The van der Waals surface area contributed by atoms with Gasteiger partial charge in [-0.05, 0) is 42.7 Å². The van der Waals surface area contributed by atoms with Gasteiger partial charge in [0.05, 0.1) is 10.0 Å². The van der Waals surface area contributed by atoms with E-state index in [1.54, 1.807) is 30.3 Å². The minimum absolute atomic E-state index is 0.0873. The van der Waals surface area contributed by atoms with Gasteiger partial charge in [0, 0.05) is 11.3 Å². The average Bonchev–Trinajstić information content (AvgIpc) is 2.55. The molecule has 2 aromatic carbocycles. The third-order valence-electron chi connectivity index (χ3n) is 3.81. The van der Waals surface area contributed by atoms with Crippen molar-refractivity contribution in [2.45, 2.75) is 26.8 Å². The number of hydrogen-bond donors (Lipinski definition) is 2. The number of amides is 2. The summed E-state index contributed by atoms with van der Waals surface area (Å²) in [5.41, 5.74) is 1.93. The SMILES string of the molecule is Cc1ccccc1C(=O)N[C@H](C(=O)Nc1ccc(Cl)c(Cl)c1)C(C)C. The largest absolute Gasteiger partial charge is 0.340 e. The molecule has 0 radical (unpaired) electrons. The lowest BCUT2D eigenvalue weighted by Gasteiger charge is -2.22. The Morgan fingerprint density at radius 2 is 1.68 bits per heavy atom. The van der Waals surface area contributed by atoms with Crippen LogP contribution in [0.25, 0.3) is 0 Å². The molecule has 0 saturated heterocycles. The van der Waals surface area contributed by atoms with Crippen molar-refractivity contribution in [1.29, 1.82) is 0 Å². The lowest BCUT2D eigenvalue weighted by atomic mass is 10.0. The number of carbonyl (C=O) groups excluding carboxylic acids is 2. The highest BCUT2D eigenvalue weighted by atomic mass is 35.5. The number of halogens is 2. The molecular formula is C19H20Cl2N2O2. The zero-order valence-corrected chi connectivity index (χ0v) is 15.8. The molecule has 132 valence electrons. The lowest BCUT2D eigenvalue weighted by molar-refractivity contribution is -0.118. The van der Waals surface area contributed by atoms with E-state index < -0.39 is 6.04 Å². The van der Waals surface area contributed by atoms with Gasteiger partial charge in [-0.3, -0.25) is 9.59 Å². The molecule has 0 spiro atoms. The van der Waals surface area contributed by atoms with E-state index in [9.17, 15) is 9.59 Å². The second-order valence-electron chi connectivity index (χ2n) is 6.13. The van der Waals surface area contributed by atoms with Gasteiger partial charge in [-0.1, -0.05) is 55.2 Å². The molecule has 0 unspecified atom stereocenters. The molecule has 0 saturated carbocycles. The van der Waals surface area contributed by atoms with Crippen molar-refractivity contribution in [3.05, 3.63) is 63.6 Å². The molecule has 0 aliphatic carbocycles. The predicted octanol–water partition coefficient (Wildman–Crippen LogP) is 4.69. The number of anilines is 1. The van der Waals surface area contributed by atoms with Gasteiger partial charge in [0.25, 0.3) is 5.91 Å². The first-order valence-electron chi connectivity index (χ1n) is 7.92. The highest BCUT2D eigenvalue weighted by Crippen LogP contribution is 2.25. The van der Waals surface area contributed by atoms with Crippen LogP contribution in [0.5, 0.6) is 0 Å². The summed E-state index contributed by atoms with van der Waals surface area (Å²) in [6, 6.07) is 11.4. The Labute approximate surface area is 157 Å². The monoisotopic (exact) mass is 378 g/mol. The number of hydrogen-bond acceptors (Lipinski definition) is 2. The van der Waals surface area contributed by atoms with E-state index in [2.05, 4.69) is 10.6 Å². The standard InChI is InChI=1S/C19H20Cl2N2O2/c1-11(2)17(23-18(24)14-7-5-4-6-12(14)3)19(25)22-13-8-9-15(20)16(21)10-13/h4-11,17H,1-3H3,(H,22,25)(H,23,24)/t17-/m0/s1. The molecule has 0 fully saturated rings. The third-order valence-corrected chi connectivity index (χ3v) is 4.55. The van der Waals surface area contributed by atoms with E-state index in [1.165, 1.54) is 0 Å². The van der Waals surface area contributed by atoms with E-state index in [0.29, 0.717) is 21.3 Å². The van der Waals surface area contributed by atoms with Gasteiger partial charge in [-0.15, -0.1) is 0 Å². The van der Waals surface area contributed by atoms with Gasteiger partial charge in [-0.2, -0.15) is 0 Å². The van der Waals surface area contributed by atoms with Crippen LogP contribution in [0, 0.1) is 12.8 Å². The number of benzene rings is 2. The molecule has 0 heterocycles. The summed E-state index contributed by atoms with van der Waals surface area (Å²) in [5, 5.41) is 6.34. The molecule has 2 rings (SSSR count). The lowest BCUT2D eigenvalue weighted by Crippen LogP contribution is -2.47. The van der Waals surface area contributed by atoms with Crippen molar-refractivity contribution in [1.82, 2.24) is 5.32 Å². The van der Waals surface area contributed by atoms with Crippen LogP contribution in [0.15, 0.2) is 42.5 Å². The van der Waals surface area contributed by atoms with Crippen LogP contribution in [0.1, 0.15) is 29.8 Å². The van der Waals surface area contributed by atoms with Crippen LogP contribution < -0.4 is 10.6 Å². The molecule has 2 amide bonds. The smallest absolute Gasteiger partial charge is 0.252 e. The molecule has 6 heteroatoms. The van der Waals surface area contributed by atoms with Gasteiger partial charge < -0.3 is 10.6 Å². The minimum Gasteiger partial charge on any atom is -0.340 e. The maximum atomic E-state index is 12.6. The van der Waals surface area contributed by atoms with Crippen molar-refractivity contribution in [2.75, 3.05) is 5.32 Å². The van der Waals surface area contributed by atoms with E-state index in [1.807, 2.05) is 32.9 Å². The summed E-state index contributed by atoms with van der Waals surface area (Å²) in [5.74, 6) is -0.674. The molecule has 1 atom stereocenters. The molecular weight excluding hydrogens is 359 g/mol.